The van der Waals surface area contributed by atoms with Crippen molar-refractivity contribution in [1.29, 1.82) is 0 Å². The van der Waals surface area contributed by atoms with Crippen LogP contribution in [0, 0.1) is 5.92 Å². The average molecular weight is 374 g/mol. The van der Waals surface area contributed by atoms with Crippen LogP contribution in [-0.4, -0.2) is 48.1 Å². The summed E-state index contributed by atoms with van der Waals surface area (Å²) in [6.45, 7) is 4.64. The van der Waals surface area contributed by atoms with Gasteiger partial charge in [0.2, 0.25) is 5.91 Å². The van der Waals surface area contributed by atoms with Gasteiger partial charge in [0.25, 0.3) is 5.91 Å². The van der Waals surface area contributed by atoms with E-state index in [9.17, 15) is 19.2 Å². The lowest BCUT2D eigenvalue weighted by Crippen LogP contribution is -2.41. The number of carbonyl (C=O) groups excluding carboxylic acids is 4. The highest BCUT2D eigenvalue weighted by Crippen LogP contribution is 2.18. The van der Waals surface area contributed by atoms with Gasteiger partial charge in [0.1, 0.15) is 11.5 Å². The fraction of sp³-hybridized carbons (Fsp3) is 0.500. The van der Waals surface area contributed by atoms with Crippen LogP contribution in [0.4, 0.5) is 0 Å². The Hall–Kier alpha value is -2.70. The van der Waals surface area contributed by atoms with E-state index in [1.165, 1.54) is 19.9 Å². The van der Waals surface area contributed by atoms with E-state index in [0.717, 1.165) is 12.8 Å². The highest BCUT2D eigenvalue weighted by Gasteiger charge is 2.23. The molecule has 0 saturated carbocycles. The van der Waals surface area contributed by atoms with Crippen molar-refractivity contribution in [2.45, 2.75) is 39.5 Å². The van der Waals surface area contributed by atoms with Gasteiger partial charge < -0.3 is 19.7 Å². The van der Waals surface area contributed by atoms with Gasteiger partial charge in [-0.25, -0.2) is 0 Å². The molecule has 1 aliphatic rings. The summed E-state index contributed by atoms with van der Waals surface area (Å²) in [4.78, 5) is 48.1. The Labute approximate surface area is 159 Å². The molecule has 0 spiro atoms. The largest absolute Gasteiger partial charge is 0.427 e. The van der Waals surface area contributed by atoms with Crippen LogP contribution in [0.1, 0.15) is 49.9 Å². The summed E-state index contributed by atoms with van der Waals surface area (Å²) in [5, 5.41) is 2.91. The van der Waals surface area contributed by atoms with Crippen LogP contribution in [0.2, 0.25) is 0 Å². The lowest BCUT2D eigenvalue weighted by Gasteiger charge is -2.32. The second-order valence-corrected chi connectivity index (χ2v) is 6.86. The highest BCUT2D eigenvalue weighted by atomic mass is 16.5. The Morgan fingerprint density at radius 1 is 1.11 bits per heavy atom. The predicted octanol–water partition coefficient (Wildman–Crippen LogP) is 1.95. The summed E-state index contributed by atoms with van der Waals surface area (Å²) in [5.41, 5.74) is 0.436. The molecule has 0 atom stereocenters. The molecule has 0 aromatic heterocycles. The zero-order valence-electron chi connectivity index (χ0n) is 15.8. The van der Waals surface area contributed by atoms with Crippen molar-refractivity contribution in [1.82, 2.24) is 10.2 Å². The summed E-state index contributed by atoms with van der Waals surface area (Å²) in [7, 11) is 0. The fourth-order valence-corrected chi connectivity index (χ4v) is 3.03. The monoisotopic (exact) mass is 374 g/mol. The standard InChI is InChI=1S/C20H26N2O5/c1-14(23)6-7-19(25)22-10-8-16(9-11-22)13-21-20(26)17-4-3-5-18(12-17)27-15(2)24/h3-5,12,16H,6-11,13H2,1-2H3,(H,21,26). The minimum absolute atomic E-state index is 0.0231. The van der Waals surface area contributed by atoms with Gasteiger partial charge in [0, 0.05) is 45.0 Å². The molecule has 146 valence electrons. The topological polar surface area (TPSA) is 92.8 Å². The number of benzene rings is 1. The minimum Gasteiger partial charge on any atom is -0.427 e. The number of amides is 2. The fourth-order valence-electron chi connectivity index (χ4n) is 3.03. The number of ether oxygens (including phenoxy) is 1. The molecule has 2 rings (SSSR count). The molecule has 1 N–H and O–H groups in total. The first kappa shape index (κ1) is 20.6. The van der Waals surface area contributed by atoms with Crippen LogP contribution >= 0.6 is 0 Å². The smallest absolute Gasteiger partial charge is 0.308 e. The summed E-state index contributed by atoms with van der Waals surface area (Å²) in [5.74, 6) is 0.0461. The number of nitrogens with zero attached hydrogens (tertiary/aromatic N) is 1. The molecular formula is C20H26N2O5. The maximum atomic E-state index is 12.3. The first-order valence-electron chi connectivity index (χ1n) is 9.19. The van der Waals surface area contributed by atoms with Crippen LogP contribution < -0.4 is 10.1 Å². The lowest BCUT2D eigenvalue weighted by atomic mass is 9.96. The molecule has 1 aliphatic heterocycles. The van der Waals surface area contributed by atoms with Gasteiger partial charge in [-0.05, 0) is 43.9 Å². The normalized spacial score (nSPS) is 14.5. The number of hydrogen-bond donors (Lipinski definition) is 1. The molecule has 1 fully saturated rings. The van der Waals surface area contributed by atoms with Gasteiger partial charge >= 0.3 is 5.97 Å². The molecular weight excluding hydrogens is 348 g/mol. The molecule has 7 heteroatoms. The average Bonchev–Trinajstić information content (AvgIpc) is 2.64. The molecule has 2 amide bonds. The quantitative estimate of drug-likeness (QED) is 0.582. The zero-order valence-corrected chi connectivity index (χ0v) is 15.8. The number of likely N-dealkylation sites (tertiary alicyclic amines) is 1. The third-order valence-corrected chi connectivity index (χ3v) is 4.57. The van der Waals surface area contributed by atoms with Crippen LogP contribution in [0.25, 0.3) is 0 Å². The van der Waals surface area contributed by atoms with E-state index in [0.29, 0.717) is 43.3 Å². The Morgan fingerprint density at radius 3 is 2.44 bits per heavy atom. The van der Waals surface area contributed by atoms with Crippen LogP contribution in [-0.2, 0) is 14.4 Å². The van der Waals surface area contributed by atoms with Crippen molar-refractivity contribution >= 4 is 23.6 Å². The molecule has 1 aromatic carbocycles. The SMILES string of the molecule is CC(=O)CCC(=O)N1CCC(CNC(=O)c2cccc(OC(C)=O)c2)CC1. The van der Waals surface area contributed by atoms with Gasteiger partial charge in [-0.1, -0.05) is 6.07 Å². The molecule has 1 heterocycles. The number of Topliss-reactive ketones (excluding diaryl/α,β-unsaturated/α-hetero) is 1. The van der Waals surface area contributed by atoms with E-state index in [1.54, 1.807) is 23.1 Å². The third kappa shape index (κ3) is 6.84. The van der Waals surface area contributed by atoms with Crippen LogP contribution in [0.5, 0.6) is 5.75 Å². The summed E-state index contributed by atoms with van der Waals surface area (Å²) >= 11 is 0. The summed E-state index contributed by atoms with van der Waals surface area (Å²) in [6, 6.07) is 6.49. The predicted molar refractivity (Wildman–Crippen MR) is 99.3 cm³/mol. The summed E-state index contributed by atoms with van der Waals surface area (Å²) in [6.07, 6.45) is 2.20. The zero-order chi connectivity index (χ0) is 19.8. The van der Waals surface area contributed by atoms with Gasteiger partial charge in [0.15, 0.2) is 0 Å². The number of hydrogen-bond acceptors (Lipinski definition) is 5. The van der Waals surface area contributed by atoms with Crippen molar-refractivity contribution in [3.63, 3.8) is 0 Å². The maximum Gasteiger partial charge on any atom is 0.308 e. The van der Waals surface area contributed by atoms with E-state index >= 15 is 0 Å². The van der Waals surface area contributed by atoms with E-state index in [2.05, 4.69) is 5.32 Å². The van der Waals surface area contributed by atoms with Gasteiger partial charge in [-0.15, -0.1) is 0 Å². The molecule has 27 heavy (non-hydrogen) atoms. The molecule has 1 saturated heterocycles. The van der Waals surface area contributed by atoms with Crippen molar-refractivity contribution in [3.05, 3.63) is 29.8 Å². The molecule has 1 aromatic rings. The van der Waals surface area contributed by atoms with Crippen molar-refractivity contribution in [2.75, 3.05) is 19.6 Å². The van der Waals surface area contributed by atoms with E-state index in [1.807, 2.05) is 0 Å². The number of ketones is 1. The first-order valence-corrected chi connectivity index (χ1v) is 9.19. The molecule has 7 nitrogen and oxygen atoms in total. The van der Waals surface area contributed by atoms with Crippen molar-refractivity contribution in [3.8, 4) is 5.75 Å². The number of esters is 1. The van der Waals surface area contributed by atoms with Crippen molar-refractivity contribution < 1.29 is 23.9 Å². The van der Waals surface area contributed by atoms with Gasteiger partial charge in [-0.2, -0.15) is 0 Å². The van der Waals surface area contributed by atoms with E-state index < -0.39 is 5.97 Å². The first-order chi connectivity index (χ1) is 12.8. The Kier molecular flexibility index (Phi) is 7.52. The van der Waals surface area contributed by atoms with Crippen LogP contribution in [0.3, 0.4) is 0 Å². The van der Waals surface area contributed by atoms with E-state index in [-0.39, 0.29) is 24.0 Å². The Morgan fingerprint density at radius 2 is 1.81 bits per heavy atom. The second-order valence-electron chi connectivity index (χ2n) is 6.86. The second kappa shape index (κ2) is 9.85. The number of piperidine rings is 1. The van der Waals surface area contributed by atoms with E-state index in [4.69, 9.17) is 4.74 Å². The minimum atomic E-state index is -0.433. The molecule has 0 unspecified atom stereocenters. The third-order valence-electron chi connectivity index (χ3n) is 4.57. The number of nitrogens with one attached hydrogen (secondary N) is 1. The highest BCUT2D eigenvalue weighted by molar-refractivity contribution is 5.94. The van der Waals surface area contributed by atoms with Crippen molar-refractivity contribution in [2.24, 2.45) is 5.92 Å². The maximum absolute atomic E-state index is 12.3. The van der Waals surface area contributed by atoms with Gasteiger partial charge in [-0.3, -0.25) is 14.4 Å². The van der Waals surface area contributed by atoms with Crippen LogP contribution in [0.15, 0.2) is 24.3 Å². The Balaban J connectivity index is 1.76. The van der Waals surface area contributed by atoms with Gasteiger partial charge in [0.05, 0.1) is 0 Å². The lowest BCUT2D eigenvalue weighted by molar-refractivity contribution is -0.134. The number of carbonyl (C=O) groups is 4. The molecule has 0 bridgehead atoms. The Bertz CT molecular complexity index is 708. The number of rotatable bonds is 7. The summed E-state index contributed by atoms with van der Waals surface area (Å²) < 4.78 is 4.99. The molecule has 0 aliphatic carbocycles. The molecule has 0 radical (unpaired) electrons.